The van der Waals surface area contributed by atoms with Crippen molar-refractivity contribution in [3.05, 3.63) is 22.7 Å². The van der Waals surface area contributed by atoms with Gasteiger partial charge in [0.05, 0.1) is 6.61 Å². The molecule has 0 amide bonds. The van der Waals surface area contributed by atoms with Crippen LogP contribution in [0.4, 0.5) is 5.82 Å². The molecule has 1 aromatic rings. The van der Waals surface area contributed by atoms with Gasteiger partial charge < -0.3 is 57.2 Å². The Morgan fingerprint density at radius 3 is 2.22 bits per heavy atom. The molecule has 0 spiro atoms. The molecule has 174 valence electrons. The van der Waals surface area contributed by atoms with E-state index in [4.69, 9.17) is 25.2 Å². The van der Waals surface area contributed by atoms with E-state index in [2.05, 4.69) is 18.1 Å². The molecule has 0 saturated carbocycles. The summed E-state index contributed by atoms with van der Waals surface area (Å²) < 4.78 is 50.3. The molecule has 0 radical (unpaired) electrons. The molecule has 1 aliphatic rings. The number of hydrogen-bond donors (Lipinski definition) is 6. The first kappa shape index (κ1) is 35.4. The van der Waals surface area contributed by atoms with Crippen LogP contribution in [0.5, 0.6) is 0 Å². The maximum Gasteiger partial charge on any atom is 1.00 e. The van der Waals surface area contributed by atoms with Crippen LogP contribution in [0.2, 0.25) is 0 Å². The molecule has 0 bridgehead atoms. The smallest absolute Gasteiger partial charge is 1.00 e. The van der Waals surface area contributed by atoms with E-state index in [1.807, 2.05) is 0 Å². The SMILES string of the molecule is Nc1ccn([C@@H]2O[C@H](COP(=O)([O-])OP(=O)(O)OP(=O)(O)O)[C@@H](O)[C@H]2O)c(=O)n1.[Cl-].[Na+].[Na+]. The first-order chi connectivity index (χ1) is 13.1. The molecule has 2 rings (SSSR count). The Kier molecular flexibility index (Phi) is 15.0. The average molecular weight is 564 g/mol. The van der Waals surface area contributed by atoms with Gasteiger partial charge in [-0.05, 0) is 6.07 Å². The maximum absolute atomic E-state index is 11.8. The minimum Gasteiger partial charge on any atom is -1.00 e. The standard InChI is InChI=1S/C9H16N3O14P3.ClH.2Na/c10-5-1-2-12(9(15)11-5)8-7(14)6(13)4(24-8)3-23-28(19,20)26-29(21,22)25-27(16,17)18;;;/h1-2,4,6-8,13-14H,3H2,(H,19,20)(H,21,22)(H2,10,11,15)(H2,16,17,18);1H;;/q;;2*+1/p-2/t4-,6-,7-,8-;;;/m1.../s1. The summed E-state index contributed by atoms with van der Waals surface area (Å²) in [6.45, 7) is -1.08. The van der Waals surface area contributed by atoms with Crippen molar-refractivity contribution in [2.75, 3.05) is 12.3 Å². The van der Waals surface area contributed by atoms with E-state index in [-0.39, 0.29) is 77.3 Å². The number of nitrogens with zero attached hydrogens (tertiary/aromatic N) is 2. The Labute approximate surface area is 229 Å². The molecule has 1 fully saturated rings. The van der Waals surface area contributed by atoms with Crippen molar-refractivity contribution in [1.82, 2.24) is 9.55 Å². The maximum atomic E-state index is 11.8. The number of aromatic nitrogens is 2. The number of anilines is 1. The predicted octanol–water partition coefficient (Wildman–Crippen LogP) is -11.8. The quantitative estimate of drug-likeness (QED) is 0.126. The van der Waals surface area contributed by atoms with Crippen molar-refractivity contribution in [2.24, 2.45) is 0 Å². The third kappa shape index (κ3) is 10.5. The van der Waals surface area contributed by atoms with Gasteiger partial charge >= 0.3 is 80.4 Å². The van der Waals surface area contributed by atoms with Crippen molar-refractivity contribution in [3.63, 3.8) is 0 Å². The Bertz CT molecular complexity index is 963. The molecule has 23 heteroatoms. The fraction of sp³-hybridized carbons (Fsp3) is 0.556. The zero-order valence-corrected chi connectivity index (χ0v) is 23.7. The number of rotatable bonds is 8. The molecule has 17 nitrogen and oxygen atoms in total. The van der Waals surface area contributed by atoms with Crippen LogP contribution in [0.1, 0.15) is 6.23 Å². The van der Waals surface area contributed by atoms with Crippen LogP contribution in [0, 0.1) is 0 Å². The van der Waals surface area contributed by atoms with Gasteiger partial charge in [0, 0.05) is 6.20 Å². The molecule has 32 heavy (non-hydrogen) atoms. The molecule has 6 atom stereocenters. The van der Waals surface area contributed by atoms with Crippen molar-refractivity contribution in [1.29, 1.82) is 0 Å². The van der Waals surface area contributed by atoms with Crippen LogP contribution in [0.15, 0.2) is 17.1 Å². The summed E-state index contributed by atoms with van der Waals surface area (Å²) in [5.74, 6) is -0.130. The summed E-state index contributed by atoms with van der Waals surface area (Å²) in [6.07, 6.45) is -5.51. The normalized spacial score (nSPS) is 26.6. The number of nitrogens with two attached hydrogens (primary N) is 1. The van der Waals surface area contributed by atoms with E-state index in [1.165, 1.54) is 6.07 Å². The number of phosphoric acid groups is 3. The van der Waals surface area contributed by atoms with Gasteiger partial charge in [0.15, 0.2) is 6.23 Å². The van der Waals surface area contributed by atoms with Gasteiger partial charge in [-0.1, -0.05) is 0 Å². The van der Waals surface area contributed by atoms with Crippen molar-refractivity contribution >= 4 is 29.3 Å². The summed E-state index contributed by atoms with van der Waals surface area (Å²) in [7, 11) is -17.1. The average Bonchev–Trinajstić information content (AvgIpc) is 2.78. The molecule has 0 aromatic carbocycles. The third-order valence-corrected chi connectivity index (χ3v) is 7.04. The summed E-state index contributed by atoms with van der Waals surface area (Å²) >= 11 is 0. The molecular weight excluding hydrogens is 548 g/mol. The predicted molar refractivity (Wildman–Crippen MR) is 86.4 cm³/mol. The van der Waals surface area contributed by atoms with E-state index < -0.39 is 60.3 Å². The molecule has 1 saturated heterocycles. The van der Waals surface area contributed by atoms with E-state index >= 15 is 0 Å². The molecule has 1 aromatic heterocycles. The summed E-state index contributed by atoms with van der Waals surface area (Å²) in [5.41, 5.74) is 4.37. The Morgan fingerprint density at radius 2 is 1.72 bits per heavy atom. The minimum atomic E-state index is -5.78. The summed E-state index contributed by atoms with van der Waals surface area (Å²) in [6, 6.07) is 1.19. The topological polar surface area (TPSA) is 273 Å². The number of ether oxygens (including phenoxy) is 1. The van der Waals surface area contributed by atoms with Gasteiger partial charge in [-0.25, -0.2) is 18.2 Å². The van der Waals surface area contributed by atoms with Crippen molar-refractivity contribution in [2.45, 2.75) is 24.5 Å². The van der Waals surface area contributed by atoms with Gasteiger partial charge in [-0.15, -0.1) is 0 Å². The van der Waals surface area contributed by atoms with Gasteiger partial charge in [0.1, 0.15) is 24.1 Å². The van der Waals surface area contributed by atoms with E-state index in [1.54, 1.807) is 0 Å². The Morgan fingerprint density at radius 1 is 1.16 bits per heavy atom. The number of hydrogen-bond acceptors (Lipinski definition) is 13. The monoisotopic (exact) mass is 563 g/mol. The van der Waals surface area contributed by atoms with Gasteiger partial charge in [0.2, 0.25) is 0 Å². The number of phosphoric ester groups is 1. The number of aliphatic hydroxyl groups is 2. The summed E-state index contributed by atoms with van der Waals surface area (Å²) in [4.78, 5) is 52.6. The number of nitrogen functional groups attached to an aromatic ring is 1. The molecule has 2 heterocycles. The van der Waals surface area contributed by atoms with Crippen LogP contribution >= 0.6 is 23.5 Å². The van der Waals surface area contributed by atoms with Crippen molar-refractivity contribution in [3.8, 4) is 0 Å². The molecular formula is C9H15ClN3Na2O14P3. The minimum absolute atomic E-state index is 0. The fourth-order valence-corrected chi connectivity index (χ4v) is 5.17. The van der Waals surface area contributed by atoms with Crippen LogP contribution in [-0.4, -0.2) is 59.4 Å². The van der Waals surface area contributed by atoms with Crippen molar-refractivity contribution < 1.29 is 133 Å². The van der Waals surface area contributed by atoms with E-state index in [0.29, 0.717) is 0 Å². The number of aliphatic hydroxyl groups excluding tert-OH is 2. The largest absolute Gasteiger partial charge is 1.00 e. The molecule has 1 aliphatic heterocycles. The first-order valence-corrected chi connectivity index (χ1v) is 11.7. The van der Waals surface area contributed by atoms with E-state index in [9.17, 15) is 33.6 Å². The fourth-order valence-electron chi connectivity index (χ4n) is 2.18. The Balaban J connectivity index is 0. The van der Waals surface area contributed by atoms with Gasteiger partial charge in [-0.2, -0.15) is 9.29 Å². The second-order valence-electron chi connectivity index (χ2n) is 5.45. The van der Waals surface area contributed by atoms with E-state index in [0.717, 1.165) is 10.8 Å². The van der Waals surface area contributed by atoms with Crippen LogP contribution in [0.25, 0.3) is 0 Å². The molecule has 2 unspecified atom stereocenters. The first-order valence-electron chi connectivity index (χ1n) is 7.23. The molecule has 0 aliphatic carbocycles. The second kappa shape index (κ2) is 13.5. The Hall–Kier alpha value is 1.26. The van der Waals surface area contributed by atoms with Crippen LogP contribution in [-0.2, 0) is 31.6 Å². The van der Waals surface area contributed by atoms with Gasteiger partial charge in [0.25, 0.3) is 7.82 Å². The van der Waals surface area contributed by atoms with Gasteiger partial charge in [-0.3, -0.25) is 9.13 Å². The summed E-state index contributed by atoms with van der Waals surface area (Å²) in [5, 5.41) is 19.9. The van der Waals surface area contributed by atoms with Crippen LogP contribution < -0.4 is 87.8 Å². The third-order valence-electron chi connectivity index (χ3n) is 3.27. The zero-order valence-electron chi connectivity index (χ0n) is 16.3. The van der Waals surface area contributed by atoms with Crippen LogP contribution in [0.3, 0.4) is 0 Å². The molecule has 7 N–H and O–H groups in total. The number of halogens is 1. The zero-order chi connectivity index (χ0) is 22.2. The second-order valence-corrected chi connectivity index (χ2v) is 9.83.